The van der Waals surface area contributed by atoms with Crippen molar-refractivity contribution < 1.29 is 0 Å². The molecule has 4 heteroatoms. The van der Waals surface area contributed by atoms with Gasteiger partial charge in [-0.05, 0) is 36.8 Å². The number of rotatable bonds is 3. The summed E-state index contributed by atoms with van der Waals surface area (Å²) in [5, 5.41) is 0.628. The second-order valence-corrected chi connectivity index (χ2v) is 4.29. The molecule has 88 valence electrons. The van der Waals surface area contributed by atoms with Crippen LogP contribution in [0.2, 0.25) is 0 Å². The van der Waals surface area contributed by atoms with Crippen LogP contribution in [0.4, 0.5) is 0 Å². The first-order chi connectivity index (χ1) is 8.20. The number of hydrogen-bond donors (Lipinski definition) is 2. The first-order valence-electron chi connectivity index (χ1n) is 5.49. The van der Waals surface area contributed by atoms with Gasteiger partial charge in [0, 0.05) is 0 Å². The average Bonchev–Trinajstić information content (AvgIpc) is 2.30. The Bertz CT molecular complexity index is 616. The highest BCUT2D eigenvalue weighted by Crippen LogP contribution is 2.11. The normalized spacial score (nSPS) is 11.4. The summed E-state index contributed by atoms with van der Waals surface area (Å²) in [6.45, 7) is 1.78. The molecule has 17 heavy (non-hydrogen) atoms. The van der Waals surface area contributed by atoms with Gasteiger partial charge in [-0.3, -0.25) is 4.79 Å². The molecule has 3 nitrogen and oxygen atoms in total. The highest BCUT2D eigenvalue weighted by atomic mass is 32.1. The van der Waals surface area contributed by atoms with E-state index in [-0.39, 0.29) is 5.56 Å². The molecule has 0 atom stereocenters. The minimum atomic E-state index is -0.0862. The summed E-state index contributed by atoms with van der Waals surface area (Å²) < 4.78 is 0. The van der Waals surface area contributed by atoms with Crippen LogP contribution in [0.15, 0.2) is 29.1 Å². The van der Waals surface area contributed by atoms with Crippen molar-refractivity contribution in [3.05, 3.63) is 46.0 Å². The van der Waals surface area contributed by atoms with Crippen molar-refractivity contribution in [3.8, 4) is 0 Å². The maximum atomic E-state index is 11.7. The monoisotopic (exact) mass is 246 g/mol. The number of hydrogen-bond acceptors (Lipinski definition) is 3. The number of fused-ring (bicyclic) bond motifs is 1. The molecule has 1 aromatic carbocycles. The lowest BCUT2D eigenvalue weighted by Gasteiger charge is -2.00. The second kappa shape index (κ2) is 5.19. The molecule has 0 amide bonds. The van der Waals surface area contributed by atoms with Gasteiger partial charge < -0.3 is 4.98 Å². The lowest BCUT2D eigenvalue weighted by Crippen LogP contribution is -2.09. The minimum Gasteiger partial charge on any atom is -0.310 e. The number of thiol groups is 1. The Labute approximate surface area is 105 Å². The van der Waals surface area contributed by atoms with Crippen LogP contribution in [0.5, 0.6) is 0 Å². The van der Waals surface area contributed by atoms with Crippen molar-refractivity contribution in [2.75, 3.05) is 5.75 Å². The van der Waals surface area contributed by atoms with Crippen LogP contribution in [0, 0.1) is 6.92 Å². The van der Waals surface area contributed by atoms with Crippen LogP contribution < -0.4 is 5.56 Å². The molecular formula is C13H14N2OS. The summed E-state index contributed by atoms with van der Waals surface area (Å²) in [6.07, 6.45) is 4.96. The van der Waals surface area contributed by atoms with Crippen molar-refractivity contribution in [1.29, 1.82) is 0 Å². The van der Waals surface area contributed by atoms with Gasteiger partial charge in [0.25, 0.3) is 5.56 Å². The molecular weight excluding hydrogens is 232 g/mol. The third-order valence-corrected chi connectivity index (χ3v) is 2.71. The predicted molar refractivity (Wildman–Crippen MR) is 74.6 cm³/mol. The van der Waals surface area contributed by atoms with E-state index in [0.29, 0.717) is 11.2 Å². The number of aryl methyl sites for hydroxylation is 1. The van der Waals surface area contributed by atoms with Crippen molar-refractivity contribution in [2.24, 2.45) is 0 Å². The maximum absolute atomic E-state index is 11.7. The predicted octanol–water partition coefficient (Wildman–Crippen LogP) is 2.56. The van der Waals surface area contributed by atoms with Gasteiger partial charge in [0.1, 0.15) is 5.82 Å². The smallest absolute Gasteiger partial charge is 0.258 e. The number of aromatic amines is 1. The molecule has 0 fully saturated rings. The van der Waals surface area contributed by atoms with Gasteiger partial charge in [-0.25, -0.2) is 4.98 Å². The summed E-state index contributed by atoms with van der Waals surface area (Å²) in [7, 11) is 0. The molecule has 0 spiro atoms. The van der Waals surface area contributed by atoms with E-state index >= 15 is 0 Å². The van der Waals surface area contributed by atoms with Gasteiger partial charge in [0.05, 0.1) is 10.9 Å². The second-order valence-electron chi connectivity index (χ2n) is 3.84. The maximum Gasteiger partial charge on any atom is 0.258 e. The van der Waals surface area contributed by atoms with Crippen LogP contribution in [0.1, 0.15) is 17.8 Å². The van der Waals surface area contributed by atoms with E-state index in [0.717, 1.165) is 23.3 Å². The van der Waals surface area contributed by atoms with Gasteiger partial charge in [0.2, 0.25) is 0 Å². The first-order valence-corrected chi connectivity index (χ1v) is 6.12. The minimum absolute atomic E-state index is 0.0862. The zero-order chi connectivity index (χ0) is 12.3. The van der Waals surface area contributed by atoms with Gasteiger partial charge in [-0.15, -0.1) is 0 Å². The third kappa shape index (κ3) is 2.77. The van der Waals surface area contributed by atoms with E-state index < -0.39 is 0 Å². The molecule has 0 aliphatic rings. The Hall–Kier alpha value is -1.55. The zero-order valence-corrected chi connectivity index (χ0v) is 10.5. The molecule has 0 aliphatic carbocycles. The molecule has 0 radical (unpaired) electrons. The highest BCUT2D eigenvalue weighted by molar-refractivity contribution is 7.80. The molecule has 2 aromatic rings. The number of H-pyrrole nitrogens is 1. The number of allylic oxidation sites excluding steroid dienone is 1. The quantitative estimate of drug-likeness (QED) is 0.818. The number of nitrogens with one attached hydrogen (secondary N) is 1. The van der Waals surface area contributed by atoms with E-state index in [1.54, 1.807) is 6.92 Å². The molecule has 1 aromatic heterocycles. The molecule has 0 saturated carbocycles. The molecule has 1 heterocycles. The Morgan fingerprint density at radius 3 is 3.06 bits per heavy atom. The van der Waals surface area contributed by atoms with Crippen LogP contribution in [0.25, 0.3) is 17.0 Å². The standard InChI is InChI=1S/C13H14N2OS/c1-9-14-12-6-5-10(4-2-3-7-17)8-11(12)13(16)15-9/h2,4-6,8,17H,3,7H2,1H3,(H,14,15,16). The lowest BCUT2D eigenvalue weighted by atomic mass is 10.1. The highest BCUT2D eigenvalue weighted by Gasteiger charge is 2.01. The van der Waals surface area contributed by atoms with Crippen molar-refractivity contribution in [2.45, 2.75) is 13.3 Å². The number of aromatic nitrogens is 2. The molecule has 0 unspecified atom stereocenters. The Balaban J connectivity index is 2.47. The average molecular weight is 246 g/mol. The summed E-state index contributed by atoms with van der Waals surface area (Å²) >= 11 is 4.14. The lowest BCUT2D eigenvalue weighted by molar-refractivity contribution is 1.06. The number of benzene rings is 1. The van der Waals surface area contributed by atoms with Crippen LogP contribution in [0.3, 0.4) is 0 Å². The SMILES string of the molecule is Cc1nc2ccc(C=CCCS)cc2c(=O)[nH]1. The summed E-state index contributed by atoms with van der Waals surface area (Å²) in [5.41, 5.74) is 1.66. The van der Waals surface area contributed by atoms with Crippen LogP contribution in [-0.4, -0.2) is 15.7 Å². The molecule has 2 rings (SSSR count). The van der Waals surface area contributed by atoms with E-state index in [4.69, 9.17) is 0 Å². The van der Waals surface area contributed by atoms with E-state index in [9.17, 15) is 4.79 Å². The third-order valence-electron chi connectivity index (χ3n) is 2.45. The van der Waals surface area contributed by atoms with Crippen molar-refractivity contribution in [1.82, 2.24) is 9.97 Å². The van der Waals surface area contributed by atoms with Crippen LogP contribution in [-0.2, 0) is 0 Å². The van der Waals surface area contributed by atoms with Crippen molar-refractivity contribution in [3.63, 3.8) is 0 Å². The summed E-state index contributed by atoms with van der Waals surface area (Å²) in [6, 6.07) is 5.69. The van der Waals surface area contributed by atoms with Gasteiger partial charge in [0.15, 0.2) is 0 Å². The topological polar surface area (TPSA) is 45.8 Å². The van der Waals surface area contributed by atoms with Gasteiger partial charge in [-0.2, -0.15) is 12.6 Å². The molecule has 0 aliphatic heterocycles. The fourth-order valence-electron chi connectivity index (χ4n) is 1.67. The summed E-state index contributed by atoms with van der Waals surface area (Å²) in [5.74, 6) is 1.46. The number of nitrogens with zero attached hydrogens (tertiary/aromatic N) is 1. The molecule has 0 bridgehead atoms. The zero-order valence-electron chi connectivity index (χ0n) is 9.60. The van der Waals surface area contributed by atoms with Crippen LogP contribution >= 0.6 is 12.6 Å². The Kier molecular flexibility index (Phi) is 3.64. The fourth-order valence-corrected chi connectivity index (χ4v) is 1.82. The van der Waals surface area contributed by atoms with Gasteiger partial charge >= 0.3 is 0 Å². The van der Waals surface area contributed by atoms with E-state index in [1.165, 1.54) is 0 Å². The van der Waals surface area contributed by atoms with Gasteiger partial charge in [-0.1, -0.05) is 18.2 Å². The molecule has 0 saturated heterocycles. The fraction of sp³-hybridized carbons (Fsp3) is 0.231. The van der Waals surface area contributed by atoms with Crippen molar-refractivity contribution >= 4 is 29.6 Å². The first kappa shape index (κ1) is 11.9. The summed E-state index contributed by atoms with van der Waals surface area (Å²) in [4.78, 5) is 18.7. The van der Waals surface area contributed by atoms with E-state index in [1.807, 2.05) is 30.4 Å². The largest absolute Gasteiger partial charge is 0.310 e. The Morgan fingerprint density at radius 1 is 1.47 bits per heavy atom. The molecule has 1 N–H and O–H groups in total. The van der Waals surface area contributed by atoms with E-state index in [2.05, 4.69) is 22.6 Å². The Morgan fingerprint density at radius 2 is 2.29 bits per heavy atom.